The minimum Gasteiger partial charge on any atom is -0.354 e. The van der Waals surface area contributed by atoms with Crippen LogP contribution >= 0.6 is 11.6 Å². The molecule has 0 aliphatic heterocycles. The van der Waals surface area contributed by atoms with Gasteiger partial charge < -0.3 is 4.90 Å². The Balaban J connectivity index is 2.14. The van der Waals surface area contributed by atoms with Gasteiger partial charge >= 0.3 is 0 Å². The topological polar surface area (TPSA) is 16.1 Å². The van der Waals surface area contributed by atoms with Crippen molar-refractivity contribution in [3.05, 3.63) is 23.4 Å². The third-order valence-corrected chi connectivity index (χ3v) is 3.34. The third-order valence-electron chi connectivity index (χ3n) is 3.11. The number of hydrogen-bond acceptors (Lipinski definition) is 2. The molecule has 2 rings (SSSR count). The summed E-state index contributed by atoms with van der Waals surface area (Å²) in [6, 6.07) is 4.62. The van der Waals surface area contributed by atoms with Gasteiger partial charge in [0.05, 0.1) is 5.02 Å². The van der Waals surface area contributed by atoms with Crippen molar-refractivity contribution in [1.82, 2.24) is 4.98 Å². The van der Waals surface area contributed by atoms with Crippen molar-refractivity contribution >= 4 is 17.4 Å². The number of rotatable bonds is 3. The predicted octanol–water partition coefficient (Wildman–Crippen LogP) is 3.50. The van der Waals surface area contributed by atoms with Crippen molar-refractivity contribution in [2.45, 2.75) is 38.6 Å². The smallest absolute Gasteiger partial charge is 0.128 e. The molecule has 1 heterocycles. The van der Waals surface area contributed by atoms with Crippen molar-refractivity contribution in [2.75, 3.05) is 11.4 Å². The first-order chi connectivity index (χ1) is 7.31. The van der Waals surface area contributed by atoms with Gasteiger partial charge in [0, 0.05) is 18.8 Å². The maximum atomic E-state index is 5.84. The lowest BCUT2D eigenvalue weighted by atomic mass is 10.2. The molecule has 1 aromatic heterocycles. The molecule has 0 spiro atoms. The Labute approximate surface area is 96.3 Å². The van der Waals surface area contributed by atoms with Gasteiger partial charge in [-0.2, -0.15) is 0 Å². The van der Waals surface area contributed by atoms with E-state index in [2.05, 4.69) is 16.8 Å². The van der Waals surface area contributed by atoms with Crippen LogP contribution in [0.4, 0.5) is 5.82 Å². The molecule has 1 saturated carbocycles. The Morgan fingerprint density at radius 2 is 2.13 bits per heavy atom. The number of nitrogens with zero attached hydrogens (tertiary/aromatic N) is 2. The van der Waals surface area contributed by atoms with E-state index in [1.54, 1.807) is 6.20 Å². The fourth-order valence-electron chi connectivity index (χ4n) is 2.36. The summed E-state index contributed by atoms with van der Waals surface area (Å²) in [7, 11) is 0. The molecule has 0 amide bonds. The average Bonchev–Trinajstić information content (AvgIpc) is 2.75. The third kappa shape index (κ3) is 2.43. The number of anilines is 1. The standard InChI is InChI=1S/C12H17ClN2/c1-2-15(11-5-3-4-6-11)12-8-7-10(13)9-14-12/h7-9,11H,2-6H2,1H3. The lowest BCUT2D eigenvalue weighted by molar-refractivity contribution is 0.613. The van der Waals surface area contributed by atoms with E-state index in [0.717, 1.165) is 12.4 Å². The zero-order valence-corrected chi connectivity index (χ0v) is 9.87. The highest BCUT2D eigenvalue weighted by Crippen LogP contribution is 2.27. The average molecular weight is 225 g/mol. The maximum Gasteiger partial charge on any atom is 0.128 e. The fraction of sp³-hybridized carbons (Fsp3) is 0.583. The molecule has 82 valence electrons. The Hall–Kier alpha value is -0.760. The van der Waals surface area contributed by atoms with E-state index in [1.807, 2.05) is 12.1 Å². The van der Waals surface area contributed by atoms with Crippen LogP contribution in [0.5, 0.6) is 0 Å². The highest BCUT2D eigenvalue weighted by molar-refractivity contribution is 6.30. The molecule has 2 nitrogen and oxygen atoms in total. The van der Waals surface area contributed by atoms with Gasteiger partial charge in [0.1, 0.15) is 5.82 Å². The lowest BCUT2D eigenvalue weighted by Crippen LogP contribution is -2.33. The van der Waals surface area contributed by atoms with Gasteiger partial charge in [-0.3, -0.25) is 0 Å². The highest BCUT2D eigenvalue weighted by Gasteiger charge is 2.22. The molecule has 0 bridgehead atoms. The van der Waals surface area contributed by atoms with E-state index < -0.39 is 0 Å². The molecule has 1 aliphatic rings. The summed E-state index contributed by atoms with van der Waals surface area (Å²) in [5, 5.41) is 0.709. The van der Waals surface area contributed by atoms with Crippen molar-refractivity contribution in [1.29, 1.82) is 0 Å². The van der Waals surface area contributed by atoms with Crippen molar-refractivity contribution in [3.8, 4) is 0 Å². The van der Waals surface area contributed by atoms with Gasteiger partial charge in [0.2, 0.25) is 0 Å². The molecule has 15 heavy (non-hydrogen) atoms. The number of hydrogen-bond donors (Lipinski definition) is 0. The largest absolute Gasteiger partial charge is 0.354 e. The number of aromatic nitrogens is 1. The minimum absolute atomic E-state index is 0.684. The molecule has 1 aromatic rings. The Bertz CT molecular complexity index is 304. The molecule has 0 atom stereocenters. The van der Waals surface area contributed by atoms with E-state index >= 15 is 0 Å². The van der Waals surface area contributed by atoms with E-state index in [9.17, 15) is 0 Å². The summed E-state index contributed by atoms with van der Waals surface area (Å²) >= 11 is 5.84. The first-order valence-electron chi connectivity index (χ1n) is 5.69. The van der Waals surface area contributed by atoms with Crippen LogP contribution in [-0.4, -0.2) is 17.6 Å². The summed E-state index contributed by atoms with van der Waals surface area (Å²) < 4.78 is 0. The molecule has 3 heteroatoms. The zero-order valence-electron chi connectivity index (χ0n) is 9.12. The second kappa shape index (κ2) is 4.84. The van der Waals surface area contributed by atoms with Gasteiger partial charge in [0.15, 0.2) is 0 Å². The van der Waals surface area contributed by atoms with Gasteiger partial charge in [-0.15, -0.1) is 0 Å². The molecule has 1 fully saturated rings. The first-order valence-corrected chi connectivity index (χ1v) is 6.07. The van der Waals surface area contributed by atoms with E-state index in [-0.39, 0.29) is 0 Å². The molecule has 1 aliphatic carbocycles. The molecule has 0 radical (unpaired) electrons. The van der Waals surface area contributed by atoms with Gasteiger partial charge in [-0.1, -0.05) is 24.4 Å². The highest BCUT2D eigenvalue weighted by atomic mass is 35.5. The quantitative estimate of drug-likeness (QED) is 0.781. The van der Waals surface area contributed by atoms with Gasteiger partial charge in [-0.25, -0.2) is 4.98 Å². The van der Waals surface area contributed by atoms with E-state index in [4.69, 9.17) is 11.6 Å². The molecular weight excluding hydrogens is 208 g/mol. The molecule has 0 unspecified atom stereocenters. The summed E-state index contributed by atoms with van der Waals surface area (Å²) in [6.07, 6.45) is 7.05. The predicted molar refractivity (Wildman–Crippen MR) is 64.5 cm³/mol. The van der Waals surface area contributed by atoms with Crippen molar-refractivity contribution in [2.24, 2.45) is 0 Å². The van der Waals surface area contributed by atoms with Crippen LogP contribution in [0.25, 0.3) is 0 Å². The van der Waals surface area contributed by atoms with Crippen LogP contribution in [0.3, 0.4) is 0 Å². The second-order valence-corrected chi connectivity index (χ2v) is 4.50. The first kappa shape index (κ1) is 10.7. The molecular formula is C12H17ClN2. The van der Waals surface area contributed by atoms with Crippen LogP contribution in [0, 0.1) is 0 Å². The Morgan fingerprint density at radius 3 is 2.67 bits per heavy atom. The van der Waals surface area contributed by atoms with Crippen LogP contribution < -0.4 is 4.90 Å². The SMILES string of the molecule is CCN(c1ccc(Cl)cn1)C1CCCC1. The monoisotopic (exact) mass is 224 g/mol. The summed E-state index contributed by atoms with van der Waals surface area (Å²) in [5.74, 6) is 1.06. The van der Waals surface area contributed by atoms with Crippen molar-refractivity contribution in [3.63, 3.8) is 0 Å². The lowest BCUT2D eigenvalue weighted by Gasteiger charge is -2.28. The Kier molecular flexibility index (Phi) is 3.47. The van der Waals surface area contributed by atoms with Gasteiger partial charge in [-0.05, 0) is 31.9 Å². The van der Waals surface area contributed by atoms with E-state index in [0.29, 0.717) is 11.1 Å². The van der Waals surface area contributed by atoms with E-state index in [1.165, 1.54) is 25.7 Å². The normalized spacial score (nSPS) is 16.9. The second-order valence-electron chi connectivity index (χ2n) is 4.06. The summed E-state index contributed by atoms with van der Waals surface area (Å²) in [5.41, 5.74) is 0. The molecule has 0 aromatic carbocycles. The Morgan fingerprint density at radius 1 is 1.40 bits per heavy atom. The van der Waals surface area contributed by atoms with Crippen LogP contribution in [0.1, 0.15) is 32.6 Å². The van der Waals surface area contributed by atoms with Crippen LogP contribution in [0.15, 0.2) is 18.3 Å². The minimum atomic E-state index is 0.684. The van der Waals surface area contributed by atoms with Crippen molar-refractivity contribution < 1.29 is 0 Å². The zero-order chi connectivity index (χ0) is 10.7. The number of halogens is 1. The molecule has 0 N–H and O–H groups in total. The fourth-order valence-corrected chi connectivity index (χ4v) is 2.47. The summed E-state index contributed by atoms with van der Waals surface area (Å²) in [4.78, 5) is 6.78. The molecule has 0 saturated heterocycles. The van der Waals surface area contributed by atoms with Crippen LogP contribution in [-0.2, 0) is 0 Å². The maximum absolute atomic E-state index is 5.84. The van der Waals surface area contributed by atoms with Gasteiger partial charge in [0.25, 0.3) is 0 Å². The van der Waals surface area contributed by atoms with Crippen LogP contribution in [0.2, 0.25) is 5.02 Å². The summed E-state index contributed by atoms with van der Waals surface area (Å²) in [6.45, 7) is 3.22. The number of pyridine rings is 1.